The van der Waals surface area contributed by atoms with Gasteiger partial charge in [-0.05, 0) is 0 Å². The third-order valence-corrected chi connectivity index (χ3v) is 2.77. The topological polar surface area (TPSA) is 27.3 Å². The normalized spacial score (nSPS) is 8.59. The summed E-state index contributed by atoms with van der Waals surface area (Å²) in [5.74, 6) is 0. The smallest absolute Gasteiger partial charge is 0.0792 e. The maximum Gasteiger partial charge on any atom is 0.0792 e. The molecule has 0 fully saturated rings. The molecule has 0 aromatic carbocycles. The zero-order chi connectivity index (χ0) is 17.5. The van der Waals surface area contributed by atoms with E-state index in [1.165, 1.54) is 0 Å². The lowest BCUT2D eigenvalue weighted by Crippen LogP contribution is -2.19. The van der Waals surface area contributed by atoms with Gasteiger partial charge in [-0.1, -0.05) is 36.5 Å². The summed E-state index contributed by atoms with van der Waals surface area (Å²) in [4.78, 5) is 0. The molecule has 126 valence electrons. The number of hydrogen-bond donors (Lipinski definition) is 2. The van der Waals surface area contributed by atoms with Crippen LogP contribution in [0.5, 0.6) is 0 Å². The molecule has 22 heavy (non-hydrogen) atoms. The lowest BCUT2D eigenvalue weighted by molar-refractivity contribution is 0.558. The van der Waals surface area contributed by atoms with Gasteiger partial charge in [-0.25, -0.2) is 0 Å². The van der Waals surface area contributed by atoms with Crippen LogP contribution in [0.2, 0.25) is 0 Å². The van der Waals surface area contributed by atoms with Crippen molar-refractivity contribution in [2.45, 2.75) is 0 Å². The molecule has 0 amide bonds. The summed E-state index contributed by atoms with van der Waals surface area (Å²) in [7, 11) is 1.10. The number of hydrogen-bond acceptors (Lipinski definition) is 3. The van der Waals surface area contributed by atoms with E-state index in [0.717, 1.165) is 49.7 Å². The molecule has 0 atom stereocenters. The summed E-state index contributed by atoms with van der Waals surface area (Å²) in [6.07, 6.45) is 11.1. The Morgan fingerprint density at radius 2 is 0.864 bits per heavy atom. The van der Waals surface area contributed by atoms with Gasteiger partial charge in [-0.2, -0.15) is 0 Å². The summed E-state index contributed by atoms with van der Waals surface area (Å²) in [5.41, 5.74) is 0. The van der Waals surface area contributed by atoms with Crippen molar-refractivity contribution in [1.82, 2.24) is 15.2 Å². The van der Waals surface area contributed by atoms with Crippen LogP contribution in [0.1, 0.15) is 0 Å². The van der Waals surface area contributed by atoms with Gasteiger partial charge < -0.3 is 15.2 Å². The summed E-state index contributed by atoms with van der Waals surface area (Å²) < 4.78 is 2.26. The second-order valence-corrected chi connectivity index (χ2v) is 5.53. The van der Waals surface area contributed by atoms with Crippen LogP contribution in [0.4, 0.5) is 0 Å². The Hall–Kier alpha value is -1.46. The van der Waals surface area contributed by atoms with Crippen molar-refractivity contribution in [2.75, 3.05) is 39.3 Å². The van der Waals surface area contributed by atoms with Crippen molar-refractivity contribution in [3.63, 3.8) is 0 Å². The molecule has 0 bridgehead atoms. The van der Waals surface area contributed by atoms with Crippen molar-refractivity contribution in [3.8, 4) is 0 Å². The van der Waals surface area contributed by atoms with E-state index in [4.69, 9.17) is 0 Å². The number of nitrogens with one attached hydrogen (secondary N) is 2. The Bertz CT molecular complexity index is 244. The Morgan fingerprint density at radius 3 is 1.05 bits per heavy atom. The zero-order valence-electron chi connectivity index (χ0n) is 14.4. The first-order valence-electron chi connectivity index (χ1n) is 7.39. The quantitative estimate of drug-likeness (QED) is 0.326. The lowest BCUT2D eigenvalue weighted by atomic mass is 10.5. The summed E-state index contributed by atoms with van der Waals surface area (Å²) >= 11 is 0. The summed E-state index contributed by atoms with van der Waals surface area (Å²) in [5, 5.41) is 6.10. The third kappa shape index (κ3) is 36.3. The van der Waals surface area contributed by atoms with Gasteiger partial charge >= 0.3 is 0 Å². The molecule has 0 saturated heterocycles. The standard InChI is InChI=1S/C6H13NSi.2C6H11N/c1-3-5-7(8)6-4-2;2*1-3-5-7-6-4-2/h3-4H,1-2,5-6H2,8H3;2*3-4,7H,1-2,5-6H2. The summed E-state index contributed by atoms with van der Waals surface area (Å²) in [6, 6.07) is 0. The second kappa shape index (κ2) is 27.8. The van der Waals surface area contributed by atoms with Crippen LogP contribution >= 0.6 is 0 Å². The van der Waals surface area contributed by atoms with Gasteiger partial charge in [0.2, 0.25) is 0 Å². The first-order chi connectivity index (χ1) is 10.6. The van der Waals surface area contributed by atoms with E-state index in [0.29, 0.717) is 0 Å². The predicted octanol–water partition coefficient (Wildman–Crippen LogP) is 1.84. The van der Waals surface area contributed by atoms with Gasteiger partial charge in [0.05, 0.1) is 10.4 Å². The molecular weight excluding hydrogens is 286 g/mol. The molecule has 0 radical (unpaired) electrons. The maximum absolute atomic E-state index is 3.63. The van der Waals surface area contributed by atoms with E-state index in [1.54, 1.807) is 0 Å². The van der Waals surface area contributed by atoms with Crippen LogP contribution in [0, 0.1) is 0 Å². The average Bonchev–Trinajstić information content (AvgIpc) is 2.50. The molecule has 0 saturated carbocycles. The minimum atomic E-state index is 0.867. The molecule has 0 unspecified atom stereocenters. The van der Waals surface area contributed by atoms with Gasteiger partial charge in [0, 0.05) is 39.3 Å². The molecule has 0 aromatic heterocycles. The fraction of sp³-hybridized carbons (Fsp3) is 0.333. The zero-order valence-corrected chi connectivity index (χ0v) is 16.4. The fourth-order valence-electron chi connectivity index (χ4n) is 1.09. The van der Waals surface area contributed by atoms with Crippen LogP contribution in [0.25, 0.3) is 0 Å². The predicted molar refractivity (Wildman–Crippen MR) is 108 cm³/mol. The minimum absolute atomic E-state index is 0.867. The molecule has 3 nitrogen and oxygen atoms in total. The molecule has 0 spiro atoms. The van der Waals surface area contributed by atoms with Crippen LogP contribution < -0.4 is 10.6 Å². The first kappa shape index (κ1) is 25.5. The highest BCUT2D eigenvalue weighted by atomic mass is 28.2. The number of rotatable bonds is 12. The van der Waals surface area contributed by atoms with Gasteiger partial charge in [-0.3, -0.25) is 0 Å². The van der Waals surface area contributed by atoms with E-state index in [9.17, 15) is 0 Å². The van der Waals surface area contributed by atoms with Crippen molar-refractivity contribution < 1.29 is 0 Å². The molecule has 4 heteroatoms. The molecule has 2 N–H and O–H groups in total. The molecule has 0 aromatic rings. The minimum Gasteiger partial charge on any atom is -0.325 e. The van der Waals surface area contributed by atoms with E-state index < -0.39 is 0 Å². The SMILES string of the molecule is C=CCN([SiH3])CC=C.C=CCNCC=C.C=CCNCC=C. The van der Waals surface area contributed by atoms with Crippen LogP contribution in [0.15, 0.2) is 75.9 Å². The van der Waals surface area contributed by atoms with Gasteiger partial charge in [0.1, 0.15) is 0 Å². The van der Waals surface area contributed by atoms with Crippen LogP contribution in [0.3, 0.4) is 0 Å². The maximum atomic E-state index is 3.63. The Balaban J connectivity index is -0.000000247. The summed E-state index contributed by atoms with van der Waals surface area (Å²) in [6.45, 7) is 26.9. The highest BCUT2D eigenvalue weighted by Crippen LogP contribution is 1.78. The van der Waals surface area contributed by atoms with E-state index in [1.807, 2.05) is 36.5 Å². The molecule has 0 aliphatic rings. The first-order valence-corrected chi connectivity index (χ1v) is 8.29. The molecular formula is C18H35N3Si. The molecule has 0 aliphatic heterocycles. The van der Waals surface area contributed by atoms with Crippen molar-refractivity contribution in [2.24, 2.45) is 0 Å². The van der Waals surface area contributed by atoms with Gasteiger partial charge in [0.25, 0.3) is 0 Å². The average molecular weight is 322 g/mol. The Morgan fingerprint density at radius 1 is 0.591 bits per heavy atom. The van der Waals surface area contributed by atoms with Gasteiger partial charge in [-0.15, -0.1) is 39.5 Å². The van der Waals surface area contributed by atoms with E-state index in [-0.39, 0.29) is 0 Å². The van der Waals surface area contributed by atoms with Crippen molar-refractivity contribution >= 4 is 10.4 Å². The van der Waals surface area contributed by atoms with E-state index in [2.05, 4.69) is 54.7 Å². The van der Waals surface area contributed by atoms with Crippen molar-refractivity contribution in [3.05, 3.63) is 75.9 Å². The van der Waals surface area contributed by atoms with Gasteiger partial charge in [0.15, 0.2) is 0 Å². The molecule has 0 rings (SSSR count). The largest absolute Gasteiger partial charge is 0.325 e. The van der Waals surface area contributed by atoms with Crippen LogP contribution in [-0.4, -0.2) is 54.2 Å². The lowest BCUT2D eigenvalue weighted by Gasteiger charge is -2.09. The van der Waals surface area contributed by atoms with E-state index >= 15 is 0 Å². The molecule has 0 aliphatic carbocycles. The molecule has 0 heterocycles. The Labute approximate surface area is 141 Å². The second-order valence-electron chi connectivity index (χ2n) is 4.27. The highest BCUT2D eigenvalue weighted by Gasteiger charge is 1.85. The third-order valence-electron chi connectivity index (χ3n) is 2.04. The number of nitrogens with zero attached hydrogens (tertiary/aromatic N) is 1. The highest BCUT2D eigenvalue weighted by molar-refractivity contribution is 6.04. The van der Waals surface area contributed by atoms with Crippen molar-refractivity contribution in [1.29, 1.82) is 0 Å². The fourth-order valence-corrected chi connectivity index (χ4v) is 1.61. The Kier molecular flexibility index (Phi) is 32.2. The van der Waals surface area contributed by atoms with Crippen LogP contribution in [-0.2, 0) is 0 Å². The monoisotopic (exact) mass is 321 g/mol.